The SMILES string of the molecule is CN=Nc1cc(-c2ccc(C(C)=O)c(F)c2F)ncc1C. The zero-order valence-electron chi connectivity index (χ0n) is 11.8. The van der Waals surface area contributed by atoms with E-state index < -0.39 is 17.4 Å². The first kappa shape index (κ1) is 14.9. The Hall–Kier alpha value is -2.50. The maximum Gasteiger partial charge on any atom is 0.170 e. The van der Waals surface area contributed by atoms with E-state index in [2.05, 4.69) is 15.2 Å². The fourth-order valence-electron chi connectivity index (χ4n) is 1.90. The van der Waals surface area contributed by atoms with Gasteiger partial charge in [-0.3, -0.25) is 9.78 Å². The molecule has 6 heteroatoms. The highest BCUT2D eigenvalue weighted by atomic mass is 19.2. The minimum atomic E-state index is -1.17. The van der Waals surface area contributed by atoms with Crippen molar-refractivity contribution in [2.24, 2.45) is 10.2 Å². The van der Waals surface area contributed by atoms with Crippen LogP contribution in [0.1, 0.15) is 22.8 Å². The summed E-state index contributed by atoms with van der Waals surface area (Å²) in [7, 11) is 1.52. The Morgan fingerprint density at radius 1 is 1.24 bits per heavy atom. The minimum Gasteiger partial charge on any atom is -0.294 e. The van der Waals surface area contributed by atoms with Crippen LogP contribution in [-0.4, -0.2) is 17.8 Å². The Kier molecular flexibility index (Phi) is 4.16. The van der Waals surface area contributed by atoms with Crippen LogP contribution in [-0.2, 0) is 0 Å². The molecule has 0 saturated heterocycles. The molecule has 1 heterocycles. The third-order valence-electron chi connectivity index (χ3n) is 3.02. The van der Waals surface area contributed by atoms with Gasteiger partial charge in [0.25, 0.3) is 0 Å². The van der Waals surface area contributed by atoms with Crippen LogP contribution in [0.5, 0.6) is 0 Å². The summed E-state index contributed by atoms with van der Waals surface area (Å²) in [6.45, 7) is 2.97. The van der Waals surface area contributed by atoms with Gasteiger partial charge in [0.15, 0.2) is 17.4 Å². The van der Waals surface area contributed by atoms with Crippen LogP contribution < -0.4 is 0 Å². The molecule has 21 heavy (non-hydrogen) atoms. The van der Waals surface area contributed by atoms with Gasteiger partial charge in [-0.15, -0.1) is 0 Å². The number of hydrogen-bond donors (Lipinski definition) is 0. The maximum atomic E-state index is 14.1. The van der Waals surface area contributed by atoms with Crippen LogP contribution in [0.2, 0.25) is 0 Å². The maximum absolute atomic E-state index is 14.1. The molecule has 0 spiro atoms. The molecule has 2 rings (SSSR count). The van der Waals surface area contributed by atoms with Crippen molar-refractivity contribution in [3.8, 4) is 11.3 Å². The molecule has 0 bridgehead atoms. The van der Waals surface area contributed by atoms with Crippen molar-refractivity contribution < 1.29 is 13.6 Å². The summed E-state index contributed by atoms with van der Waals surface area (Å²) in [5.41, 5.74) is 1.22. The lowest BCUT2D eigenvalue weighted by atomic mass is 10.0. The zero-order chi connectivity index (χ0) is 15.6. The number of rotatable bonds is 3. The molecule has 4 nitrogen and oxygen atoms in total. The topological polar surface area (TPSA) is 54.7 Å². The number of pyridine rings is 1. The first-order valence-corrected chi connectivity index (χ1v) is 6.21. The first-order valence-electron chi connectivity index (χ1n) is 6.21. The molecule has 0 amide bonds. The van der Waals surface area contributed by atoms with Crippen molar-refractivity contribution in [3.05, 3.63) is 47.2 Å². The second-order valence-corrected chi connectivity index (χ2v) is 4.50. The van der Waals surface area contributed by atoms with Crippen molar-refractivity contribution in [3.63, 3.8) is 0 Å². The van der Waals surface area contributed by atoms with E-state index in [-0.39, 0.29) is 16.8 Å². The van der Waals surface area contributed by atoms with E-state index in [1.807, 2.05) is 0 Å². The van der Waals surface area contributed by atoms with Gasteiger partial charge in [0.2, 0.25) is 0 Å². The highest BCUT2D eigenvalue weighted by Crippen LogP contribution is 2.29. The lowest BCUT2D eigenvalue weighted by Gasteiger charge is -2.08. The highest BCUT2D eigenvalue weighted by Gasteiger charge is 2.18. The van der Waals surface area contributed by atoms with Gasteiger partial charge in [-0.1, -0.05) is 0 Å². The van der Waals surface area contributed by atoms with E-state index in [1.54, 1.807) is 6.92 Å². The molecule has 0 N–H and O–H groups in total. The van der Waals surface area contributed by atoms with E-state index in [1.165, 1.54) is 38.4 Å². The van der Waals surface area contributed by atoms with E-state index in [0.717, 1.165) is 5.56 Å². The van der Waals surface area contributed by atoms with E-state index in [9.17, 15) is 13.6 Å². The van der Waals surface area contributed by atoms with Crippen LogP contribution in [0, 0.1) is 18.6 Å². The first-order chi connectivity index (χ1) is 9.95. The number of carbonyl (C=O) groups excluding carboxylic acids is 1. The molecule has 0 aliphatic carbocycles. The summed E-state index contributed by atoms with van der Waals surface area (Å²) in [5, 5.41) is 7.57. The Morgan fingerprint density at radius 2 is 1.95 bits per heavy atom. The molecule has 1 aromatic heterocycles. The Balaban J connectivity index is 2.60. The van der Waals surface area contributed by atoms with Crippen LogP contribution in [0.4, 0.5) is 14.5 Å². The number of hydrogen-bond acceptors (Lipinski definition) is 4. The summed E-state index contributed by atoms with van der Waals surface area (Å²) in [5.74, 6) is -2.80. The third-order valence-corrected chi connectivity index (χ3v) is 3.02. The van der Waals surface area contributed by atoms with Gasteiger partial charge in [-0.05, 0) is 37.6 Å². The van der Waals surface area contributed by atoms with Crippen molar-refractivity contribution in [1.29, 1.82) is 0 Å². The summed E-state index contributed by atoms with van der Waals surface area (Å²) in [6.07, 6.45) is 1.51. The molecule has 1 aromatic carbocycles. The lowest BCUT2D eigenvalue weighted by molar-refractivity contribution is 0.101. The molecule has 0 saturated carbocycles. The smallest absolute Gasteiger partial charge is 0.170 e. The molecule has 0 radical (unpaired) electrons. The fourth-order valence-corrected chi connectivity index (χ4v) is 1.90. The molecular weight excluding hydrogens is 276 g/mol. The van der Waals surface area contributed by atoms with Crippen molar-refractivity contribution in [2.45, 2.75) is 13.8 Å². The molecule has 0 aliphatic heterocycles. The molecule has 0 unspecified atom stereocenters. The summed E-state index contributed by atoms with van der Waals surface area (Å²) in [6, 6.07) is 4.10. The van der Waals surface area contributed by atoms with E-state index in [0.29, 0.717) is 5.69 Å². The number of ketones is 1. The number of nitrogens with zero attached hydrogens (tertiary/aromatic N) is 3. The van der Waals surface area contributed by atoms with E-state index in [4.69, 9.17) is 0 Å². The fraction of sp³-hybridized carbons (Fsp3) is 0.200. The Labute approximate surface area is 120 Å². The molecule has 0 atom stereocenters. The largest absolute Gasteiger partial charge is 0.294 e. The summed E-state index contributed by atoms with van der Waals surface area (Å²) < 4.78 is 28.0. The van der Waals surface area contributed by atoms with Gasteiger partial charge in [-0.2, -0.15) is 10.2 Å². The number of carbonyl (C=O) groups is 1. The van der Waals surface area contributed by atoms with Gasteiger partial charge < -0.3 is 0 Å². The minimum absolute atomic E-state index is 0.0231. The van der Waals surface area contributed by atoms with Crippen molar-refractivity contribution >= 4 is 11.5 Å². The average Bonchev–Trinajstić information content (AvgIpc) is 2.44. The molecule has 0 fully saturated rings. The molecule has 0 aliphatic rings. The van der Waals surface area contributed by atoms with Gasteiger partial charge in [-0.25, -0.2) is 8.78 Å². The lowest BCUT2D eigenvalue weighted by Crippen LogP contribution is -2.02. The number of aryl methyl sites for hydroxylation is 1. The summed E-state index contributed by atoms with van der Waals surface area (Å²) >= 11 is 0. The van der Waals surface area contributed by atoms with Crippen LogP contribution in [0.3, 0.4) is 0 Å². The second-order valence-electron chi connectivity index (χ2n) is 4.50. The number of azo groups is 1. The van der Waals surface area contributed by atoms with Crippen LogP contribution in [0.15, 0.2) is 34.6 Å². The van der Waals surface area contributed by atoms with Gasteiger partial charge in [0.05, 0.1) is 16.9 Å². The van der Waals surface area contributed by atoms with Crippen molar-refractivity contribution in [2.75, 3.05) is 7.05 Å². The number of halogens is 2. The van der Waals surface area contributed by atoms with Crippen LogP contribution in [0.25, 0.3) is 11.3 Å². The number of benzene rings is 1. The predicted octanol–water partition coefficient (Wildman–Crippen LogP) is 4.25. The Bertz CT molecular complexity index is 742. The monoisotopic (exact) mass is 289 g/mol. The predicted molar refractivity (Wildman–Crippen MR) is 74.8 cm³/mol. The van der Waals surface area contributed by atoms with Gasteiger partial charge in [0.1, 0.15) is 0 Å². The standard InChI is InChI=1S/C15H13F2N3O/c1-8-7-19-13(6-12(8)20-18-3)11-5-4-10(9(2)21)14(16)15(11)17/h4-7H,1-3H3. The molecule has 2 aromatic rings. The molecular formula is C15H13F2N3O. The summed E-state index contributed by atoms with van der Waals surface area (Å²) in [4.78, 5) is 15.3. The third kappa shape index (κ3) is 2.84. The zero-order valence-corrected chi connectivity index (χ0v) is 11.8. The quantitative estimate of drug-likeness (QED) is 0.626. The van der Waals surface area contributed by atoms with Gasteiger partial charge in [0, 0.05) is 18.8 Å². The molecule has 108 valence electrons. The highest BCUT2D eigenvalue weighted by molar-refractivity contribution is 5.94. The average molecular weight is 289 g/mol. The van der Waals surface area contributed by atoms with Crippen molar-refractivity contribution in [1.82, 2.24) is 4.98 Å². The Morgan fingerprint density at radius 3 is 2.57 bits per heavy atom. The number of aromatic nitrogens is 1. The van der Waals surface area contributed by atoms with Crippen LogP contribution >= 0.6 is 0 Å². The second kappa shape index (κ2) is 5.87. The number of Topliss-reactive ketones (excluding diaryl/α,β-unsaturated/α-hetero) is 1. The van der Waals surface area contributed by atoms with E-state index >= 15 is 0 Å². The van der Waals surface area contributed by atoms with Gasteiger partial charge >= 0.3 is 0 Å². The normalized spacial score (nSPS) is 11.1.